The summed E-state index contributed by atoms with van der Waals surface area (Å²) in [5.74, 6) is 1.23. The molecule has 3 heterocycles. The zero-order valence-electron chi connectivity index (χ0n) is 16.6. The molecular formula is C22H21N3O5S. The van der Waals surface area contributed by atoms with Crippen molar-refractivity contribution in [2.45, 2.75) is 17.8 Å². The van der Waals surface area contributed by atoms with Crippen molar-refractivity contribution in [3.05, 3.63) is 53.6 Å². The largest absolute Gasteiger partial charge is 0.486 e. The van der Waals surface area contributed by atoms with Crippen LogP contribution < -0.4 is 20.1 Å². The molecule has 2 aromatic rings. The Kier molecular flexibility index (Phi) is 5.19. The van der Waals surface area contributed by atoms with E-state index in [1.54, 1.807) is 40.9 Å². The fraction of sp³-hybridized carbons (Fsp3) is 0.318. The smallest absolute Gasteiger partial charge is 0.256 e. The summed E-state index contributed by atoms with van der Waals surface area (Å²) in [5, 5.41) is 5.48. The van der Waals surface area contributed by atoms with Gasteiger partial charge in [0, 0.05) is 36.0 Å². The van der Waals surface area contributed by atoms with Crippen LogP contribution in [0.5, 0.6) is 11.5 Å². The third-order valence-corrected chi connectivity index (χ3v) is 6.78. The molecule has 0 aromatic heterocycles. The van der Waals surface area contributed by atoms with E-state index in [4.69, 9.17) is 9.47 Å². The van der Waals surface area contributed by atoms with Crippen molar-refractivity contribution in [1.29, 1.82) is 0 Å². The topological polar surface area (TPSA) is 97.0 Å². The van der Waals surface area contributed by atoms with E-state index < -0.39 is 6.04 Å². The van der Waals surface area contributed by atoms with Gasteiger partial charge in [-0.2, -0.15) is 0 Å². The van der Waals surface area contributed by atoms with Crippen LogP contribution in [0.25, 0.3) is 0 Å². The Hall–Kier alpha value is -3.20. The van der Waals surface area contributed by atoms with Crippen molar-refractivity contribution in [2.24, 2.45) is 0 Å². The molecule has 2 atom stereocenters. The molecule has 0 radical (unpaired) electrons. The predicted octanol–water partition coefficient (Wildman–Crippen LogP) is 2.17. The molecule has 1 fully saturated rings. The van der Waals surface area contributed by atoms with Gasteiger partial charge in [-0.3, -0.25) is 14.4 Å². The lowest BCUT2D eigenvalue weighted by Gasteiger charge is -2.22. The van der Waals surface area contributed by atoms with Gasteiger partial charge in [0.1, 0.15) is 24.6 Å². The van der Waals surface area contributed by atoms with Crippen molar-refractivity contribution in [2.75, 3.05) is 30.8 Å². The van der Waals surface area contributed by atoms with Gasteiger partial charge in [0.2, 0.25) is 11.8 Å². The minimum absolute atomic E-state index is 0.109. The lowest BCUT2D eigenvalue weighted by molar-refractivity contribution is -0.124. The molecule has 1 saturated heterocycles. The third-order valence-electron chi connectivity index (χ3n) is 5.47. The van der Waals surface area contributed by atoms with Crippen molar-refractivity contribution in [3.8, 4) is 11.5 Å². The molecule has 8 nitrogen and oxygen atoms in total. The van der Waals surface area contributed by atoms with Crippen molar-refractivity contribution in [3.63, 3.8) is 0 Å². The van der Waals surface area contributed by atoms with Crippen LogP contribution in [0.1, 0.15) is 27.7 Å². The number of amides is 3. The van der Waals surface area contributed by atoms with Gasteiger partial charge in [-0.1, -0.05) is 18.2 Å². The second-order valence-corrected chi connectivity index (χ2v) is 8.56. The number of ether oxygens (including phenoxy) is 2. The van der Waals surface area contributed by atoms with Gasteiger partial charge in [0.25, 0.3) is 5.91 Å². The standard InChI is InChI=1S/C22H21N3O5S/c26-19(24-13-5-6-17-18(11-13)30-10-9-29-17)7-8-23-20(27)16-12-31-22-15-4-2-1-3-14(15)21(28)25(16)22/h1-6,11,16,22H,7-10,12H2,(H,23,27)(H,24,26). The first-order valence-corrected chi connectivity index (χ1v) is 11.2. The summed E-state index contributed by atoms with van der Waals surface area (Å²) in [4.78, 5) is 39.4. The number of nitrogens with zero attached hydrogens (tertiary/aromatic N) is 1. The fourth-order valence-electron chi connectivity index (χ4n) is 4.00. The first-order valence-electron chi connectivity index (χ1n) is 10.1. The molecule has 2 aromatic carbocycles. The van der Waals surface area contributed by atoms with Crippen molar-refractivity contribution in [1.82, 2.24) is 10.2 Å². The van der Waals surface area contributed by atoms with Crippen molar-refractivity contribution >= 4 is 35.2 Å². The maximum absolute atomic E-state index is 12.7. The van der Waals surface area contributed by atoms with Crippen LogP contribution in [0.3, 0.4) is 0 Å². The lowest BCUT2D eigenvalue weighted by atomic mass is 10.1. The van der Waals surface area contributed by atoms with Gasteiger partial charge in [0.15, 0.2) is 11.5 Å². The van der Waals surface area contributed by atoms with Gasteiger partial charge in [-0.15, -0.1) is 11.8 Å². The first kappa shape index (κ1) is 19.7. The Morgan fingerprint density at radius 3 is 2.77 bits per heavy atom. The maximum Gasteiger partial charge on any atom is 0.256 e. The number of anilines is 1. The van der Waals surface area contributed by atoms with E-state index in [2.05, 4.69) is 10.6 Å². The average Bonchev–Trinajstić information content (AvgIpc) is 3.34. The maximum atomic E-state index is 12.7. The van der Waals surface area contributed by atoms with Gasteiger partial charge in [-0.05, 0) is 23.8 Å². The lowest BCUT2D eigenvalue weighted by Crippen LogP contribution is -2.46. The zero-order valence-corrected chi connectivity index (χ0v) is 17.4. The Morgan fingerprint density at radius 2 is 1.90 bits per heavy atom. The average molecular weight is 439 g/mol. The molecule has 3 aliphatic heterocycles. The Labute approximate surface area is 183 Å². The summed E-state index contributed by atoms with van der Waals surface area (Å²) in [5.41, 5.74) is 2.24. The first-order chi connectivity index (χ1) is 15.1. The van der Waals surface area contributed by atoms with Crippen LogP contribution in [0.2, 0.25) is 0 Å². The second-order valence-electron chi connectivity index (χ2n) is 7.45. The number of hydrogen-bond acceptors (Lipinski definition) is 6. The highest BCUT2D eigenvalue weighted by Crippen LogP contribution is 2.48. The van der Waals surface area contributed by atoms with E-state index in [0.29, 0.717) is 41.7 Å². The zero-order chi connectivity index (χ0) is 21.4. The molecule has 2 unspecified atom stereocenters. The Balaban J connectivity index is 1.13. The summed E-state index contributed by atoms with van der Waals surface area (Å²) >= 11 is 1.59. The number of benzene rings is 2. The van der Waals surface area contributed by atoms with E-state index in [9.17, 15) is 14.4 Å². The number of carbonyl (C=O) groups is 3. The van der Waals surface area contributed by atoms with Gasteiger partial charge in [0.05, 0.1) is 0 Å². The van der Waals surface area contributed by atoms with Gasteiger partial charge in [-0.25, -0.2) is 0 Å². The van der Waals surface area contributed by atoms with Gasteiger partial charge < -0.3 is 25.0 Å². The van der Waals surface area contributed by atoms with Crippen LogP contribution in [-0.4, -0.2) is 54.2 Å². The highest BCUT2D eigenvalue weighted by Gasteiger charge is 2.48. The molecule has 3 aliphatic rings. The van der Waals surface area contributed by atoms with Crippen LogP contribution in [-0.2, 0) is 9.59 Å². The van der Waals surface area contributed by atoms with E-state index >= 15 is 0 Å². The molecule has 0 bridgehead atoms. The molecule has 3 amide bonds. The molecule has 9 heteroatoms. The minimum Gasteiger partial charge on any atom is -0.486 e. The summed E-state index contributed by atoms with van der Waals surface area (Å²) in [6.45, 7) is 1.17. The molecule has 2 N–H and O–H groups in total. The normalized spacial score (nSPS) is 20.8. The number of nitrogens with one attached hydrogen (secondary N) is 2. The van der Waals surface area contributed by atoms with E-state index in [1.165, 1.54) is 0 Å². The van der Waals surface area contributed by atoms with E-state index in [1.807, 2.05) is 18.2 Å². The van der Waals surface area contributed by atoms with Crippen LogP contribution in [0.4, 0.5) is 5.69 Å². The molecule has 31 heavy (non-hydrogen) atoms. The highest BCUT2D eigenvalue weighted by molar-refractivity contribution is 7.99. The van der Waals surface area contributed by atoms with Gasteiger partial charge >= 0.3 is 0 Å². The predicted molar refractivity (Wildman–Crippen MR) is 115 cm³/mol. The monoisotopic (exact) mass is 439 g/mol. The summed E-state index contributed by atoms with van der Waals surface area (Å²) in [6.07, 6.45) is 0.123. The molecule has 0 spiro atoms. The van der Waals surface area contributed by atoms with Crippen LogP contribution >= 0.6 is 11.8 Å². The number of fused-ring (bicyclic) bond motifs is 4. The Morgan fingerprint density at radius 1 is 1.10 bits per heavy atom. The molecule has 0 aliphatic carbocycles. The van der Waals surface area contributed by atoms with Crippen LogP contribution in [0.15, 0.2) is 42.5 Å². The van der Waals surface area contributed by atoms with E-state index in [0.717, 1.165) is 5.56 Å². The summed E-state index contributed by atoms with van der Waals surface area (Å²) in [6, 6.07) is 12.2. The second kappa shape index (κ2) is 8.14. The number of thioether (sulfide) groups is 1. The Bertz CT molecular complexity index is 1060. The molecule has 160 valence electrons. The number of carbonyl (C=O) groups excluding carboxylic acids is 3. The third kappa shape index (κ3) is 3.69. The SMILES string of the molecule is O=C(CCNC(=O)C1CSC2c3ccccc3C(=O)N12)Nc1ccc2c(c1)OCCO2. The summed E-state index contributed by atoms with van der Waals surface area (Å²) in [7, 11) is 0. The fourth-order valence-corrected chi connectivity index (χ4v) is 5.47. The molecular weight excluding hydrogens is 418 g/mol. The van der Waals surface area contributed by atoms with Crippen LogP contribution in [0, 0.1) is 0 Å². The van der Waals surface area contributed by atoms with E-state index in [-0.39, 0.29) is 36.1 Å². The number of rotatable bonds is 5. The quantitative estimate of drug-likeness (QED) is 0.741. The minimum atomic E-state index is -0.532. The molecule has 5 rings (SSSR count). The molecule has 0 saturated carbocycles. The van der Waals surface area contributed by atoms with Crippen molar-refractivity contribution < 1.29 is 23.9 Å². The summed E-state index contributed by atoms with van der Waals surface area (Å²) < 4.78 is 11.0. The highest BCUT2D eigenvalue weighted by atomic mass is 32.2. The number of hydrogen-bond donors (Lipinski definition) is 2.